The summed E-state index contributed by atoms with van der Waals surface area (Å²) in [6.07, 6.45) is 1.66. The first-order chi connectivity index (χ1) is 10.9. The molecular formula is C18H27NO4. The van der Waals surface area contributed by atoms with Crippen molar-refractivity contribution in [3.05, 3.63) is 23.8 Å². The van der Waals surface area contributed by atoms with Gasteiger partial charge < -0.3 is 15.2 Å². The van der Waals surface area contributed by atoms with Gasteiger partial charge in [0.05, 0.1) is 17.7 Å². The maximum Gasteiger partial charge on any atom is 0.310 e. The Hall–Kier alpha value is -2.04. The number of anilines is 1. The van der Waals surface area contributed by atoms with Gasteiger partial charge in [0.15, 0.2) is 0 Å². The predicted octanol–water partition coefficient (Wildman–Crippen LogP) is 4.00. The smallest absolute Gasteiger partial charge is 0.310 e. The summed E-state index contributed by atoms with van der Waals surface area (Å²) in [7, 11) is 0. The van der Waals surface area contributed by atoms with Crippen LogP contribution in [0.15, 0.2) is 18.2 Å². The van der Waals surface area contributed by atoms with Gasteiger partial charge in [-0.1, -0.05) is 26.8 Å². The number of carboxylic acid groups (broad SMARTS) is 1. The lowest BCUT2D eigenvalue weighted by molar-refractivity contribution is -0.151. The van der Waals surface area contributed by atoms with Crippen molar-refractivity contribution in [1.29, 1.82) is 0 Å². The highest BCUT2D eigenvalue weighted by molar-refractivity contribution is 5.95. The average Bonchev–Trinajstić information content (AvgIpc) is 2.52. The zero-order valence-electron chi connectivity index (χ0n) is 14.4. The lowest BCUT2D eigenvalue weighted by Crippen LogP contribution is -2.34. The van der Waals surface area contributed by atoms with Crippen molar-refractivity contribution in [2.45, 2.75) is 53.4 Å². The van der Waals surface area contributed by atoms with E-state index in [0.717, 1.165) is 12.0 Å². The van der Waals surface area contributed by atoms with E-state index < -0.39 is 11.4 Å². The molecule has 0 aliphatic heterocycles. The third-order valence-corrected chi connectivity index (χ3v) is 4.18. The van der Waals surface area contributed by atoms with E-state index in [2.05, 4.69) is 5.32 Å². The Morgan fingerprint density at radius 3 is 2.39 bits per heavy atom. The fourth-order valence-corrected chi connectivity index (χ4v) is 2.44. The van der Waals surface area contributed by atoms with Gasteiger partial charge in [-0.25, -0.2) is 0 Å². The van der Waals surface area contributed by atoms with Crippen LogP contribution in [-0.2, 0) is 9.59 Å². The van der Waals surface area contributed by atoms with E-state index >= 15 is 0 Å². The van der Waals surface area contributed by atoms with Crippen LogP contribution in [-0.4, -0.2) is 23.6 Å². The Bertz CT molecular complexity index is 550. The SMILES string of the molecule is CCCOc1cc(C)ccc1NC(=O)CC(CC)(CC)C(=O)O. The quantitative estimate of drug-likeness (QED) is 0.720. The van der Waals surface area contributed by atoms with Gasteiger partial charge in [-0.05, 0) is 43.9 Å². The fourth-order valence-electron chi connectivity index (χ4n) is 2.44. The Kier molecular flexibility index (Phi) is 7.07. The number of carboxylic acids is 1. The van der Waals surface area contributed by atoms with Crippen LogP contribution in [0.1, 0.15) is 52.0 Å². The number of amides is 1. The number of carbonyl (C=O) groups is 2. The molecule has 1 aromatic carbocycles. The number of benzene rings is 1. The lowest BCUT2D eigenvalue weighted by atomic mass is 9.79. The highest BCUT2D eigenvalue weighted by atomic mass is 16.5. The summed E-state index contributed by atoms with van der Waals surface area (Å²) >= 11 is 0. The average molecular weight is 321 g/mol. The molecule has 5 heteroatoms. The molecule has 128 valence electrons. The molecule has 0 atom stereocenters. The molecule has 0 fully saturated rings. The number of hydrogen-bond acceptors (Lipinski definition) is 3. The monoisotopic (exact) mass is 321 g/mol. The molecule has 0 aliphatic rings. The maximum atomic E-state index is 12.3. The van der Waals surface area contributed by atoms with Gasteiger partial charge in [0, 0.05) is 6.42 Å². The van der Waals surface area contributed by atoms with Crippen LogP contribution >= 0.6 is 0 Å². The van der Waals surface area contributed by atoms with E-state index in [1.54, 1.807) is 19.9 Å². The topological polar surface area (TPSA) is 75.6 Å². The van der Waals surface area contributed by atoms with Gasteiger partial charge in [-0.15, -0.1) is 0 Å². The van der Waals surface area contributed by atoms with E-state index in [1.807, 2.05) is 26.0 Å². The summed E-state index contributed by atoms with van der Waals surface area (Å²) in [6, 6.07) is 5.55. The van der Waals surface area contributed by atoms with E-state index in [1.165, 1.54) is 0 Å². The van der Waals surface area contributed by atoms with Gasteiger partial charge in [0.1, 0.15) is 5.75 Å². The Balaban J connectivity index is 2.90. The number of aryl methyl sites for hydroxylation is 1. The first-order valence-corrected chi connectivity index (χ1v) is 8.15. The van der Waals surface area contributed by atoms with Gasteiger partial charge >= 0.3 is 5.97 Å². The minimum atomic E-state index is -1.01. The molecule has 1 amide bonds. The van der Waals surface area contributed by atoms with Crippen molar-refractivity contribution < 1.29 is 19.4 Å². The van der Waals surface area contributed by atoms with Crippen molar-refractivity contribution >= 4 is 17.6 Å². The maximum absolute atomic E-state index is 12.3. The van der Waals surface area contributed by atoms with Crippen molar-refractivity contribution in [3.8, 4) is 5.75 Å². The normalized spacial score (nSPS) is 11.1. The van der Waals surface area contributed by atoms with Crippen molar-refractivity contribution in [2.75, 3.05) is 11.9 Å². The molecule has 0 saturated heterocycles. The zero-order valence-corrected chi connectivity index (χ0v) is 14.4. The molecule has 0 spiro atoms. The second kappa shape index (κ2) is 8.56. The second-order valence-corrected chi connectivity index (χ2v) is 5.87. The second-order valence-electron chi connectivity index (χ2n) is 5.87. The number of rotatable bonds is 9. The molecule has 0 bridgehead atoms. The van der Waals surface area contributed by atoms with Crippen LogP contribution in [0.3, 0.4) is 0 Å². The summed E-state index contributed by atoms with van der Waals surface area (Å²) < 4.78 is 5.67. The van der Waals surface area contributed by atoms with Crippen molar-refractivity contribution in [3.63, 3.8) is 0 Å². The summed E-state index contributed by atoms with van der Waals surface area (Å²) in [5.74, 6) is -0.612. The highest BCUT2D eigenvalue weighted by Gasteiger charge is 2.37. The lowest BCUT2D eigenvalue weighted by Gasteiger charge is -2.26. The van der Waals surface area contributed by atoms with E-state index in [9.17, 15) is 14.7 Å². The summed E-state index contributed by atoms with van der Waals surface area (Å²) in [4.78, 5) is 23.9. The molecule has 0 saturated carbocycles. The molecule has 23 heavy (non-hydrogen) atoms. The van der Waals surface area contributed by atoms with E-state index in [-0.39, 0.29) is 12.3 Å². The number of carbonyl (C=O) groups excluding carboxylic acids is 1. The fraction of sp³-hybridized carbons (Fsp3) is 0.556. The Labute approximate surface area is 138 Å². The zero-order chi connectivity index (χ0) is 17.5. The van der Waals surface area contributed by atoms with Crippen LogP contribution in [0, 0.1) is 12.3 Å². The molecular weight excluding hydrogens is 294 g/mol. The third-order valence-electron chi connectivity index (χ3n) is 4.18. The molecule has 2 N–H and O–H groups in total. The Morgan fingerprint density at radius 1 is 1.22 bits per heavy atom. The van der Waals surface area contributed by atoms with Gasteiger partial charge in [-0.2, -0.15) is 0 Å². The van der Waals surface area contributed by atoms with Crippen LogP contribution in [0.2, 0.25) is 0 Å². The summed E-state index contributed by atoms with van der Waals surface area (Å²) in [5.41, 5.74) is 0.607. The minimum absolute atomic E-state index is 0.0452. The van der Waals surface area contributed by atoms with Gasteiger partial charge in [0.2, 0.25) is 5.91 Å². The third kappa shape index (κ3) is 4.98. The molecule has 0 radical (unpaired) electrons. The van der Waals surface area contributed by atoms with Crippen LogP contribution in [0.5, 0.6) is 5.75 Å². The van der Waals surface area contributed by atoms with Crippen LogP contribution < -0.4 is 10.1 Å². The molecule has 5 nitrogen and oxygen atoms in total. The number of ether oxygens (including phenoxy) is 1. The number of aliphatic carboxylic acids is 1. The molecule has 0 aromatic heterocycles. The Morgan fingerprint density at radius 2 is 1.87 bits per heavy atom. The molecule has 0 heterocycles. The van der Waals surface area contributed by atoms with Crippen molar-refractivity contribution in [1.82, 2.24) is 0 Å². The largest absolute Gasteiger partial charge is 0.491 e. The standard InChI is InChI=1S/C18H27NO4/c1-5-10-23-15-11-13(4)8-9-14(15)19-16(20)12-18(6-2,7-3)17(21)22/h8-9,11H,5-7,10,12H2,1-4H3,(H,19,20)(H,21,22). The predicted molar refractivity (Wildman–Crippen MR) is 90.9 cm³/mol. The van der Waals surface area contributed by atoms with Crippen LogP contribution in [0.25, 0.3) is 0 Å². The van der Waals surface area contributed by atoms with Gasteiger partial charge in [0.25, 0.3) is 0 Å². The van der Waals surface area contributed by atoms with Gasteiger partial charge in [-0.3, -0.25) is 9.59 Å². The number of hydrogen-bond donors (Lipinski definition) is 2. The summed E-state index contributed by atoms with van der Waals surface area (Å²) in [6.45, 7) is 8.13. The van der Waals surface area contributed by atoms with Crippen molar-refractivity contribution in [2.24, 2.45) is 5.41 Å². The first kappa shape index (κ1) is 19.0. The molecule has 0 unspecified atom stereocenters. The summed E-state index contributed by atoms with van der Waals surface area (Å²) in [5, 5.41) is 12.2. The van der Waals surface area contributed by atoms with E-state index in [0.29, 0.717) is 30.9 Å². The van der Waals surface area contributed by atoms with Crippen LogP contribution in [0.4, 0.5) is 5.69 Å². The molecule has 1 rings (SSSR count). The molecule has 1 aromatic rings. The minimum Gasteiger partial charge on any atom is -0.491 e. The first-order valence-electron chi connectivity index (χ1n) is 8.15. The molecule has 0 aliphatic carbocycles. The number of nitrogens with one attached hydrogen (secondary N) is 1. The van der Waals surface area contributed by atoms with E-state index in [4.69, 9.17) is 4.74 Å². The highest BCUT2D eigenvalue weighted by Crippen LogP contribution is 2.32.